The highest BCUT2D eigenvalue weighted by atomic mass is 32.2. The fourth-order valence-electron chi connectivity index (χ4n) is 4.05. The number of nitrogens with zero attached hydrogens (tertiary/aromatic N) is 4. The van der Waals surface area contributed by atoms with Gasteiger partial charge in [0.2, 0.25) is 21.8 Å². The molecule has 0 saturated carbocycles. The standard InChI is InChI=1S/C22H22N4O8S/c1-34-19-7-6-17(14-18(19)26(30)31)35(32,33)24-12-10-23(11-13-24)22(29)15-2-4-16(5-3-15)25-20(27)8-9-21(25)28/h2-7,14H,8-13H2,1H3. The third-order valence-corrected chi connectivity index (χ3v) is 7.83. The molecule has 2 aliphatic rings. The zero-order chi connectivity index (χ0) is 25.3. The van der Waals surface area contributed by atoms with E-state index in [1.165, 1.54) is 52.7 Å². The molecule has 2 aromatic rings. The van der Waals surface area contributed by atoms with Gasteiger partial charge in [0.1, 0.15) is 0 Å². The maximum atomic E-state index is 13.0. The Balaban J connectivity index is 1.43. The molecule has 0 N–H and O–H groups in total. The van der Waals surface area contributed by atoms with Gasteiger partial charge in [-0.25, -0.2) is 8.42 Å². The molecule has 4 rings (SSSR count). The lowest BCUT2D eigenvalue weighted by Gasteiger charge is -2.34. The van der Waals surface area contributed by atoms with E-state index in [9.17, 15) is 32.9 Å². The largest absolute Gasteiger partial charge is 0.490 e. The first kappa shape index (κ1) is 24.3. The minimum absolute atomic E-state index is 0.0166. The highest BCUT2D eigenvalue weighted by Crippen LogP contribution is 2.31. The third kappa shape index (κ3) is 4.59. The van der Waals surface area contributed by atoms with Crippen molar-refractivity contribution < 1.29 is 32.5 Å². The van der Waals surface area contributed by atoms with Crippen molar-refractivity contribution in [2.75, 3.05) is 38.2 Å². The van der Waals surface area contributed by atoms with Gasteiger partial charge in [-0.3, -0.25) is 29.4 Å². The summed E-state index contributed by atoms with van der Waals surface area (Å²) in [6, 6.07) is 9.56. The molecule has 184 valence electrons. The molecule has 2 fully saturated rings. The number of amides is 3. The summed E-state index contributed by atoms with van der Waals surface area (Å²) in [4.78, 5) is 49.6. The molecule has 12 nitrogen and oxygen atoms in total. The van der Waals surface area contributed by atoms with Crippen LogP contribution in [0.15, 0.2) is 47.4 Å². The molecule has 2 heterocycles. The lowest BCUT2D eigenvalue weighted by atomic mass is 10.1. The van der Waals surface area contributed by atoms with E-state index in [1.807, 2.05) is 0 Å². The second-order valence-corrected chi connectivity index (χ2v) is 9.89. The Morgan fingerprint density at radius 1 is 0.971 bits per heavy atom. The molecule has 2 saturated heterocycles. The number of anilines is 1. The Morgan fingerprint density at radius 3 is 2.11 bits per heavy atom. The highest BCUT2D eigenvalue weighted by molar-refractivity contribution is 7.89. The molecule has 3 amide bonds. The first-order chi connectivity index (χ1) is 16.6. The van der Waals surface area contributed by atoms with E-state index >= 15 is 0 Å². The van der Waals surface area contributed by atoms with Crippen LogP contribution in [0.3, 0.4) is 0 Å². The van der Waals surface area contributed by atoms with E-state index < -0.39 is 20.6 Å². The molecule has 0 aromatic heterocycles. The second-order valence-electron chi connectivity index (χ2n) is 7.96. The van der Waals surface area contributed by atoms with Crippen LogP contribution >= 0.6 is 0 Å². The molecule has 0 unspecified atom stereocenters. The minimum Gasteiger partial charge on any atom is -0.490 e. The van der Waals surface area contributed by atoms with Gasteiger partial charge in [-0.2, -0.15) is 4.31 Å². The summed E-state index contributed by atoms with van der Waals surface area (Å²) in [6.45, 7) is 0.286. The van der Waals surface area contributed by atoms with Crippen molar-refractivity contribution in [3.63, 3.8) is 0 Å². The fraction of sp³-hybridized carbons (Fsp3) is 0.318. The molecule has 0 aliphatic carbocycles. The van der Waals surface area contributed by atoms with Gasteiger partial charge in [-0.1, -0.05) is 0 Å². The topological polar surface area (TPSA) is 147 Å². The van der Waals surface area contributed by atoms with Gasteiger partial charge in [0.15, 0.2) is 5.75 Å². The number of carbonyl (C=O) groups excluding carboxylic acids is 3. The normalized spacial score (nSPS) is 17.1. The Bertz CT molecular complexity index is 1290. The number of nitro benzene ring substituents is 1. The monoisotopic (exact) mass is 502 g/mol. The number of nitro groups is 1. The number of sulfonamides is 1. The minimum atomic E-state index is -4.02. The maximum Gasteiger partial charge on any atom is 0.312 e. The summed E-state index contributed by atoms with van der Waals surface area (Å²) in [6.07, 6.45) is 0.327. The zero-order valence-corrected chi connectivity index (χ0v) is 19.6. The predicted molar refractivity (Wildman–Crippen MR) is 122 cm³/mol. The number of imide groups is 1. The SMILES string of the molecule is COc1ccc(S(=O)(=O)N2CCN(C(=O)c3ccc(N4C(=O)CCC4=O)cc3)CC2)cc1[N+](=O)[O-]. The van der Waals surface area contributed by atoms with Gasteiger partial charge >= 0.3 is 5.69 Å². The molecule has 2 aliphatic heterocycles. The molecule has 0 atom stereocenters. The van der Waals surface area contributed by atoms with Crippen LogP contribution in [0, 0.1) is 10.1 Å². The zero-order valence-electron chi connectivity index (χ0n) is 18.7. The number of piperazine rings is 1. The number of carbonyl (C=O) groups is 3. The van der Waals surface area contributed by atoms with E-state index in [0.29, 0.717) is 11.3 Å². The Hall–Kier alpha value is -3.84. The van der Waals surface area contributed by atoms with E-state index in [-0.39, 0.29) is 67.4 Å². The number of methoxy groups -OCH3 is 1. The van der Waals surface area contributed by atoms with Crippen molar-refractivity contribution in [1.82, 2.24) is 9.21 Å². The number of hydrogen-bond acceptors (Lipinski definition) is 8. The van der Waals surface area contributed by atoms with Crippen molar-refractivity contribution in [2.24, 2.45) is 0 Å². The quantitative estimate of drug-likeness (QED) is 0.327. The van der Waals surface area contributed by atoms with Crippen molar-refractivity contribution >= 4 is 39.1 Å². The molecule has 35 heavy (non-hydrogen) atoms. The molecule has 2 aromatic carbocycles. The van der Waals surface area contributed by atoms with Crippen LogP contribution < -0.4 is 9.64 Å². The maximum absolute atomic E-state index is 13.0. The van der Waals surface area contributed by atoms with Crippen LogP contribution in [-0.2, 0) is 19.6 Å². The molecule has 0 spiro atoms. The van der Waals surface area contributed by atoms with Gasteiger partial charge in [0, 0.05) is 50.7 Å². The van der Waals surface area contributed by atoms with E-state index in [0.717, 1.165) is 11.0 Å². The first-order valence-corrected chi connectivity index (χ1v) is 12.1. The van der Waals surface area contributed by atoms with Crippen LogP contribution in [0.25, 0.3) is 0 Å². The molecule has 0 radical (unpaired) electrons. The number of hydrogen-bond donors (Lipinski definition) is 0. The fourth-order valence-corrected chi connectivity index (χ4v) is 5.50. The molecular weight excluding hydrogens is 480 g/mol. The predicted octanol–water partition coefficient (Wildman–Crippen LogP) is 1.40. The van der Waals surface area contributed by atoms with Crippen LogP contribution in [0.5, 0.6) is 5.75 Å². The Morgan fingerprint density at radius 2 is 1.57 bits per heavy atom. The first-order valence-electron chi connectivity index (χ1n) is 10.7. The van der Waals surface area contributed by atoms with Gasteiger partial charge in [0.05, 0.1) is 22.6 Å². The van der Waals surface area contributed by atoms with Crippen molar-refractivity contribution in [3.8, 4) is 5.75 Å². The molecular formula is C22H22N4O8S. The van der Waals surface area contributed by atoms with Gasteiger partial charge in [0.25, 0.3) is 5.91 Å². The smallest absolute Gasteiger partial charge is 0.312 e. The summed E-state index contributed by atoms with van der Waals surface area (Å²) in [7, 11) is -2.76. The van der Waals surface area contributed by atoms with Crippen molar-refractivity contribution in [3.05, 3.63) is 58.1 Å². The summed E-state index contributed by atoms with van der Waals surface area (Å²) in [5.74, 6) is -0.927. The average molecular weight is 503 g/mol. The van der Waals surface area contributed by atoms with Gasteiger partial charge in [-0.15, -0.1) is 0 Å². The highest BCUT2D eigenvalue weighted by Gasteiger charge is 2.33. The van der Waals surface area contributed by atoms with Crippen molar-refractivity contribution in [1.29, 1.82) is 0 Å². The Labute approximate surface area is 200 Å². The summed E-state index contributed by atoms with van der Waals surface area (Å²) >= 11 is 0. The second kappa shape index (κ2) is 9.43. The molecule has 13 heteroatoms. The lowest BCUT2D eigenvalue weighted by Crippen LogP contribution is -2.50. The number of ether oxygens (including phenoxy) is 1. The number of rotatable bonds is 6. The van der Waals surface area contributed by atoms with E-state index in [4.69, 9.17) is 4.74 Å². The van der Waals surface area contributed by atoms with Gasteiger partial charge in [-0.05, 0) is 36.4 Å². The summed E-state index contributed by atoms with van der Waals surface area (Å²) in [5, 5.41) is 11.3. The summed E-state index contributed by atoms with van der Waals surface area (Å²) < 4.78 is 32.1. The van der Waals surface area contributed by atoms with Crippen LogP contribution in [0.1, 0.15) is 23.2 Å². The van der Waals surface area contributed by atoms with E-state index in [2.05, 4.69) is 0 Å². The summed E-state index contributed by atoms with van der Waals surface area (Å²) in [5.41, 5.74) is 0.289. The average Bonchev–Trinajstić information content (AvgIpc) is 3.20. The van der Waals surface area contributed by atoms with E-state index in [1.54, 1.807) is 0 Å². The Kier molecular flexibility index (Phi) is 6.54. The van der Waals surface area contributed by atoms with Crippen LogP contribution in [-0.4, -0.2) is 73.6 Å². The van der Waals surface area contributed by atoms with Crippen LogP contribution in [0.4, 0.5) is 11.4 Å². The molecule has 0 bridgehead atoms. The van der Waals surface area contributed by atoms with Gasteiger partial charge < -0.3 is 9.64 Å². The van der Waals surface area contributed by atoms with Crippen molar-refractivity contribution in [2.45, 2.75) is 17.7 Å². The third-order valence-electron chi connectivity index (χ3n) is 5.93. The number of benzene rings is 2. The van der Waals surface area contributed by atoms with Crippen LogP contribution in [0.2, 0.25) is 0 Å². The lowest BCUT2D eigenvalue weighted by molar-refractivity contribution is -0.386.